The second-order valence-electron chi connectivity index (χ2n) is 3.72. The van der Waals surface area contributed by atoms with Crippen LogP contribution in [0.25, 0.3) is 0 Å². The molecule has 2 unspecified atom stereocenters. The minimum Gasteiger partial charge on any atom is -0.0992 e. The maximum atomic E-state index is 4.08. The van der Waals surface area contributed by atoms with Crippen molar-refractivity contribution in [2.75, 3.05) is 0 Å². The highest BCUT2D eigenvalue weighted by Gasteiger charge is 2.41. The van der Waals surface area contributed by atoms with Crippen LogP contribution in [0.3, 0.4) is 0 Å². The molecule has 1 saturated carbocycles. The van der Waals surface area contributed by atoms with E-state index < -0.39 is 0 Å². The van der Waals surface area contributed by atoms with Gasteiger partial charge in [0, 0.05) is 0 Å². The zero-order valence-electron chi connectivity index (χ0n) is 6.56. The van der Waals surface area contributed by atoms with Gasteiger partial charge in [-0.25, -0.2) is 0 Å². The molecule has 0 aromatic heterocycles. The van der Waals surface area contributed by atoms with Crippen molar-refractivity contribution in [3.05, 3.63) is 24.3 Å². The van der Waals surface area contributed by atoms with Gasteiger partial charge in [0.15, 0.2) is 0 Å². The Bertz CT molecular complexity index is 200. The van der Waals surface area contributed by atoms with E-state index in [4.69, 9.17) is 0 Å². The molecular weight excluding hydrogens is 120 g/mol. The lowest BCUT2D eigenvalue weighted by Gasteiger charge is -2.20. The smallest absolute Gasteiger partial charge is 0.00171 e. The zero-order chi connectivity index (χ0) is 7.19. The number of hydrogen-bond donors (Lipinski definition) is 0. The van der Waals surface area contributed by atoms with Crippen LogP contribution >= 0.6 is 0 Å². The molecule has 2 atom stereocenters. The minimum atomic E-state index is 0.543. The topological polar surface area (TPSA) is 0 Å². The number of fused-ring (bicyclic) bond motifs is 2. The van der Waals surface area contributed by atoms with Crippen LogP contribution in [0.5, 0.6) is 0 Å². The van der Waals surface area contributed by atoms with Crippen LogP contribution in [0.4, 0.5) is 0 Å². The van der Waals surface area contributed by atoms with Gasteiger partial charge in [-0.05, 0) is 30.6 Å². The molecule has 0 aromatic carbocycles. The predicted octanol–water partition coefficient (Wildman–Crippen LogP) is 2.92. The summed E-state index contributed by atoms with van der Waals surface area (Å²) in [5.74, 6) is 0.736. The average Bonchev–Trinajstić information content (AvgIpc) is 2.45. The van der Waals surface area contributed by atoms with Crippen molar-refractivity contribution in [3.63, 3.8) is 0 Å². The molecule has 2 bridgehead atoms. The first kappa shape index (κ1) is 6.21. The molecule has 0 aromatic rings. The fourth-order valence-corrected chi connectivity index (χ4v) is 2.28. The van der Waals surface area contributed by atoms with Gasteiger partial charge in [-0.1, -0.05) is 31.2 Å². The van der Waals surface area contributed by atoms with Crippen LogP contribution in [0.1, 0.15) is 26.2 Å². The quantitative estimate of drug-likeness (QED) is 0.484. The van der Waals surface area contributed by atoms with Gasteiger partial charge in [0.25, 0.3) is 0 Å². The molecule has 0 heterocycles. The Balaban J connectivity index is 2.31. The Hall–Kier alpha value is -0.520. The summed E-state index contributed by atoms with van der Waals surface area (Å²) in [6.45, 7) is 6.36. The van der Waals surface area contributed by atoms with Crippen molar-refractivity contribution >= 4 is 0 Å². The van der Waals surface area contributed by atoms with Crippen LogP contribution in [-0.4, -0.2) is 0 Å². The second kappa shape index (κ2) is 1.75. The summed E-state index contributed by atoms with van der Waals surface area (Å²) in [5.41, 5.74) is 2.01. The van der Waals surface area contributed by atoms with E-state index in [-0.39, 0.29) is 0 Å². The molecule has 0 N–H and O–H groups in total. The maximum Gasteiger partial charge on any atom is -0.00171 e. The lowest BCUT2D eigenvalue weighted by Crippen LogP contribution is -2.08. The SMILES string of the molecule is C=C1CC2(CC)C=CC1C2. The van der Waals surface area contributed by atoms with E-state index in [0.717, 1.165) is 5.92 Å². The maximum absolute atomic E-state index is 4.08. The van der Waals surface area contributed by atoms with E-state index in [0.29, 0.717) is 5.41 Å². The van der Waals surface area contributed by atoms with Gasteiger partial charge >= 0.3 is 0 Å². The Morgan fingerprint density at radius 3 is 2.90 bits per heavy atom. The summed E-state index contributed by atoms with van der Waals surface area (Å²) < 4.78 is 0. The first-order valence-corrected chi connectivity index (χ1v) is 4.13. The van der Waals surface area contributed by atoms with Gasteiger partial charge in [-0.15, -0.1) is 0 Å². The molecule has 2 aliphatic rings. The van der Waals surface area contributed by atoms with Crippen LogP contribution in [0.15, 0.2) is 24.3 Å². The van der Waals surface area contributed by atoms with Gasteiger partial charge in [0.2, 0.25) is 0 Å². The van der Waals surface area contributed by atoms with Crippen molar-refractivity contribution in [1.29, 1.82) is 0 Å². The van der Waals surface area contributed by atoms with Crippen molar-refractivity contribution < 1.29 is 0 Å². The van der Waals surface area contributed by atoms with Crippen LogP contribution in [0, 0.1) is 11.3 Å². The van der Waals surface area contributed by atoms with E-state index >= 15 is 0 Å². The number of allylic oxidation sites excluding steroid dienone is 3. The number of rotatable bonds is 1. The summed E-state index contributed by atoms with van der Waals surface area (Å²) in [6, 6.07) is 0. The van der Waals surface area contributed by atoms with Gasteiger partial charge in [-0.3, -0.25) is 0 Å². The van der Waals surface area contributed by atoms with E-state index in [9.17, 15) is 0 Å². The van der Waals surface area contributed by atoms with Crippen molar-refractivity contribution in [2.24, 2.45) is 11.3 Å². The number of hydrogen-bond acceptors (Lipinski definition) is 0. The van der Waals surface area contributed by atoms with Crippen LogP contribution < -0.4 is 0 Å². The van der Waals surface area contributed by atoms with E-state index in [1.54, 1.807) is 0 Å². The van der Waals surface area contributed by atoms with Crippen molar-refractivity contribution in [2.45, 2.75) is 26.2 Å². The fourth-order valence-electron chi connectivity index (χ4n) is 2.28. The lowest BCUT2D eigenvalue weighted by atomic mass is 9.84. The second-order valence-corrected chi connectivity index (χ2v) is 3.72. The normalized spacial score (nSPS) is 43.3. The third-order valence-electron chi connectivity index (χ3n) is 3.12. The van der Waals surface area contributed by atoms with E-state index in [2.05, 4.69) is 25.7 Å². The van der Waals surface area contributed by atoms with E-state index in [1.165, 1.54) is 24.8 Å². The zero-order valence-corrected chi connectivity index (χ0v) is 6.56. The van der Waals surface area contributed by atoms with Gasteiger partial charge in [-0.2, -0.15) is 0 Å². The highest BCUT2D eigenvalue weighted by molar-refractivity contribution is 5.29. The molecule has 0 heteroatoms. The van der Waals surface area contributed by atoms with Gasteiger partial charge in [0.1, 0.15) is 0 Å². The summed E-state index contributed by atoms with van der Waals surface area (Å²) in [5, 5.41) is 0. The van der Waals surface area contributed by atoms with Crippen molar-refractivity contribution in [3.8, 4) is 0 Å². The molecule has 0 saturated heterocycles. The first-order valence-electron chi connectivity index (χ1n) is 4.13. The molecule has 0 spiro atoms. The molecule has 0 nitrogen and oxygen atoms in total. The molecule has 10 heavy (non-hydrogen) atoms. The van der Waals surface area contributed by atoms with E-state index in [1.807, 2.05) is 0 Å². The molecule has 0 aliphatic heterocycles. The minimum absolute atomic E-state index is 0.543. The molecule has 0 amide bonds. The van der Waals surface area contributed by atoms with Gasteiger partial charge in [0.05, 0.1) is 0 Å². The molecule has 54 valence electrons. The molecule has 1 fully saturated rings. The Morgan fingerprint density at radius 1 is 1.80 bits per heavy atom. The first-order chi connectivity index (χ1) is 4.76. The molecule has 2 aliphatic carbocycles. The Labute approximate surface area is 62.6 Å². The fraction of sp³-hybridized carbons (Fsp3) is 0.600. The third kappa shape index (κ3) is 0.622. The third-order valence-corrected chi connectivity index (χ3v) is 3.12. The van der Waals surface area contributed by atoms with Crippen LogP contribution in [0.2, 0.25) is 0 Å². The largest absolute Gasteiger partial charge is 0.0992 e. The molecule has 2 rings (SSSR count). The van der Waals surface area contributed by atoms with Gasteiger partial charge < -0.3 is 0 Å². The highest BCUT2D eigenvalue weighted by atomic mass is 14.4. The summed E-state index contributed by atoms with van der Waals surface area (Å²) in [7, 11) is 0. The lowest BCUT2D eigenvalue weighted by molar-refractivity contribution is 0.395. The Morgan fingerprint density at radius 2 is 2.60 bits per heavy atom. The van der Waals surface area contributed by atoms with Crippen LogP contribution in [-0.2, 0) is 0 Å². The summed E-state index contributed by atoms with van der Waals surface area (Å²) >= 11 is 0. The predicted molar refractivity (Wildman–Crippen MR) is 43.7 cm³/mol. The molecular formula is C10H14. The van der Waals surface area contributed by atoms with Crippen molar-refractivity contribution in [1.82, 2.24) is 0 Å². The highest BCUT2D eigenvalue weighted by Crippen LogP contribution is 2.53. The Kier molecular flexibility index (Phi) is 1.08. The summed E-state index contributed by atoms with van der Waals surface area (Å²) in [6.07, 6.45) is 8.65. The monoisotopic (exact) mass is 134 g/mol. The summed E-state index contributed by atoms with van der Waals surface area (Å²) in [4.78, 5) is 0. The standard InChI is InChI=1S/C10H14/c1-3-10-5-4-9(7-10)8(2)6-10/h4-5,9H,2-3,6-7H2,1H3. The average molecular weight is 134 g/mol. The molecule has 0 radical (unpaired) electrons.